The topological polar surface area (TPSA) is 20.2 Å². The van der Waals surface area contributed by atoms with Gasteiger partial charge in [0.2, 0.25) is 0 Å². The van der Waals surface area contributed by atoms with Gasteiger partial charge in [-0.3, -0.25) is 0 Å². The van der Waals surface area contributed by atoms with Crippen LogP contribution in [0.15, 0.2) is 18.2 Å². The van der Waals surface area contributed by atoms with E-state index in [1.165, 1.54) is 30.4 Å². The summed E-state index contributed by atoms with van der Waals surface area (Å²) in [4.78, 5) is 0. The molecule has 1 N–H and O–H groups in total. The van der Waals surface area contributed by atoms with E-state index in [4.69, 9.17) is 11.6 Å². The first-order valence-electron chi connectivity index (χ1n) is 8.38. The van der Waals surface area contributed by atoms with Gasteiger partial charge >= 0.3 is 0 Å². The van der Waals surface area contributed by atoms with Crippen LogP contribution in [0.1, 0.15) is 49.7 Å². The second kappa shape index (κ2) is 4.99. The summed E-state index contributed by atoms with van der Waals surface area (Å²) in [6.07, 6.45) is 5.57. The minimum absolute atomic E-state index is 0.0964. The molecule has 0 aliphatic heterocycles. The third-order valence-corrected chi connectivity index (χ3v) is 7.24. The lowest BCUT2D eigenvalue weighted by Gasteiger charge is -2.53. The minimum Gasteiger partial charge on any atom is -0.393 e. The number of aryl methyl sites for hydroxylation is 1. The number of halogens is 1. The summed E-state index contributed by atoms with van der Waals surface area (Å²) in [6, 6.07) is 9.75. The van der Waals surface area contributed by atoms with Gasteiger partial charge < -0.3 is 5.11 Å². The van der Waals surface area contributed by atoms with Crippen molar-refractivity contribution in [3.05, 3.63) is 35.4 Å². The smallest absolute Gasteiger partial charge is 0.0596 e. The highest BCUT2D eigenvalue weighted by Gasteiger charge is 2.57. The quantitative estimate of drug-likeness (QED) is 0.772. The predicted molar refractivity (Wildman–Crippen MR) is 85.5 cm³/mol. The molecule has 1 nitrogen and oxygen atoms in total. The van der Waals surface area contributed by atoms with Crippen molar-refractivity contribution in [3.63, 3.8) is 0 Å². The summed E-state index contributed by atoms with van der Waals surface area (Å²) in [6.45, 7) is 2.32. The number of rotatable bonds is 1. The molecule has 4 rings (SSSR count). The molecule has 0 saturated heterocycles. The first-order chi connectivity index (χ1) is 10.1. The van der Waals surface area contributed by atoms with E-state index in [0.29, 0.717) is 29.6 Å². The van der Waals surface area contributed by atoms with Gasteiger partial charge in [0, 0.05) is 5.88 Å². The first kappa shape index (κ1) is 14.1. The Balaban J connectivity index is 1.78. The fourth-order valence-electron chi connectivity index (χ4n) is 5.88. The van der Waals surface area contributed by atoms with Gasteiger partial charge in [0.25, 0.3) is 0 Å². The van der Waals surface area contributed by atoms with Crippen molar-refractivity contribution in [2.24, 2.45) is 23.2 Å². The Kier molecular flexibility index (Phi) is 3.35. The third kappa shape index (κ3) is 1.93. The Bertz CT molecular complexity index is 542. The Morgan fingerprint density at radius 1 is 1.38 bits per heavy atom. The number of alkyl halides is 1. The Morgan fingerprint density at radius 2 is 2.24 bits per heavy atom. The lowest BCUT2D eigenvalue weighted by atomic mass is 9.52. The molecule has 0 unspecified atom stereocenters. The highest BCUT2D eigenvalue weighted by atomic mass is 35.5. The molecule has 0 bridgehead atoms. The fraction of sp³-hybridized carbons (Fsp3) is 0.684. The monoisotopic (exact) mass is 303 g/mol. The van der Waals surface area contributed by atoms with Crippen LogP contribution in [0.2, 0.25) is 0 Å². The van der Waals surface area contributed by atoms with Crippen molar-refractivity contribution in [2.45, 2.75) is 51.0 Å². The average molecular weight is 304 g/mol. The molecule has 0 heterocycles. The summed E-state index contributed by atoms with van der Waals surface area (Å²) in [5.41, 5.74) is 3.11. The summed E-state index contributed by atoms with van der Waals surface area (Å²) in [7, 11) is 0. The van der Waals surface area contributed by atoms with Gasteiger partial charge in [0.05, 0.1) is 6.10 Å². The van der Waals surface area contributed by atoms with E-state index in [-0.39, 0.29) is 11.5 Å². The van der Waals surface area contributed by atoms with Gasteiger partial charge in [-0.1, -0.05) is 25.1 Å². The Hall–Kier alpha value is -0.530. The van der Waals surface area contributed by atoms with Crippen LogP contribution in [0.5, 0.6) is 0 Å². The molecule has 1 aromatic rings. The van der Waals surface area contributed by atoms with Gasteiger partial charge in [0.15, 0.2) is 0 Å². The molecule has 21 heavy (non-hydrogen) atoms. The average Bonchev–Trinajstić information content (AvgIpc) is 2.81. The van der Waals surface area contributed by atoms with Gasteiger partial charge in [-0.25, -0.2) is 0 Å². The van der Waals surface area contributed by atoms with Crippen molar-refractivity contribution in [2.75, 3.05) is 5.88 Å². The normalized spacial score (nSPS) is 44.8. The SMILES string of the molecule is C[C@]12C[C@H](CCl)[C@@H]3c4cc[c]cc4CC[C@H]3[C@@H]1CC[C@@H]2O. The lowest BCUT2D eigenvalue weighted by molar-refractivity contribution is -0.0434. The van der Waals surface area contributed by atoms with Crippen molar-refractivity contribution in [3.8, 4) is 0 Å². The van der Waals surface area contributed by atoms with Gasteiger partial charge in [-0.2, -0.15) is 0 Å². The second-order valence-corrected chi connectivity index (χ2v) is 7.99. The Labute approximate surface area is 132 Å². The zero-order chi connectivity index (χ0) is 14.6. The van der Waals surface area contributed by atoms with Gasteiger partial charge in [-0.15, -0.1) is 11.6 Å². The molecule has 6 atom stereocenters. The molecule has 1 aromatic carbocycles. The van der Waals surface area contributed by atoms with E-state index in [9.17, 15) is 5.11 Å². The number of aliphatic hydroxyl groups is 1. The third-order valence-electron chi connectivity index (χ3n) is 6.84. The van der Waals surface area contributed by atoms with E-state index in [1.54, 1.807) is 0 Å². The maximum atomic E-state index is 10.5. The van der Waals surface area contributed by atoms with Crippen LogP contribution in [0, 0.1) is 29.2 Å². The Morgan fingerprint density at radius 3 is 3.05 bits per heavy atom. The second-order valence-electron chi connectivity index (χ2n) is 7.68. The summed E-state index contributed by atoms with van der Waals surface area (Å²) < 4.78 is 0. The van der Waals surface area contributed by atoms with Crippen molar-refractivity contribution in [1.29, 1.82) is 0 Å². The zero-order valence-corrected chi connectivity index (χ0v) is 13.4. The van der Waals surface area contributed by atoms with Crippen LogP contribution in [0.25, 0.3) is 0 Å². The fourth-order valence-corrected chi connectivity index (χ4v) is 6.18. The molecule has 113 valence electrons. The highest BCUT2D eigenvalue weighted by Crippen LogP contribution is 2.62. The predicted octanol–water partition coefficient (Wildman–Crippen LogP) is 4.17. The number of hydrogen-bond acceptors (Lipinski definition) is 1. The molecule has 2 saturated carbocycles. The van der Waals surface area contributed by atoms with Crippen LogP contribution in [-0.2, 0) is 6.42 Å². The number of fused-ring (bicyclic) bond motifs is 5. The van der Waals surface area contributed by atoms with Crippen LogP contribution in [-0.4, -0.2) is 17.1 Å². The van der Waals surface area contributed by atoms with Crippen LogP contribution in [0.4, 0.5) is 0 Å². The first-order valence-corrected chi connectivity index (χ1v) is 8.91. The number of hydrogen-bond donors (Lipinski definition) is 1. The van der Waals surface area contributed by atoms with E-state index in [1.807, 2.05) is 0 Å². The zero-order valence-electron chi connectivity index (χ0n) is 12.7. The lowest BCUT2D eigenvalue weighted by Crippen LogP contribution is -2.48. The molecule has 1 radical (unpaired) electrons. The van der Waals surface area contributed by atoms with E-state index in [2.05, 4.69) is 31.2 Å². The summed E-state index contributed by atoms with van der Waals surface area (Å²) >= 11 is 6.38. The van der Waals surface area contributed by atoms with Crippen molar-refractivity contribution in [1.82, 2.24) is 0 Å². The molecule has 0 amide bonds. The van der Waals surface area contributed by atoms with Crippen molar-refractivity contribution < 1.29 is 5.11 Å². The molecule has 0 aromatic heterocycles. The molecule has 3 aliphatic carbocycles. The number of benzene rings is 1. The van der Waals surface area contributed by atoms with Gasteiger partial charge in [-0.05, 0) is 78.4 Å². The molecule has 0 spiro atoms. The van der Waals surface area contributed by atoms with E-state index < -0.39 is 0 Å². The standard InChI is InChI=1S/C19H24ClO/c1-19-10-13(11-20)18-14-5-3-2-4-12(14)6-7-15(18)16(19)8-9-17(19)21/h3-5,13,15-18,21H,6-11H2,1H3/t13-,15+,16+,17+,18-,19+/m1/s1. The van der Waals surface area contributed by atoms with E-state index >= 15 is 0 Å². The van der Waals surface area contributed by atoms with Crippen LogP contribution in [0.3, 0.4) is 0 Å². The summed E-state index contributed by atoms with van der Waals surface area (Å²) in [5.74, 6) is 3.21. The highest BCUT2D eigenvalue weighted by molar-refractivity contribution is 6.18. The maximum absolute atomic E-state index is 10.5. The maximum Gasteiger partial charge on any atom is 0.0596 e. The largest absolute Gasteiger partial charge is 0.393 e. The van der Waals surface area contributed by atoms with Crippen molar-refractivity contribution >= 4 is 11.6 Å². The molecule has 2 fully saturated rings. The molecule has 2 heteroatoms. The van der Waals surface area contributed by atoms with Crippen LogP contribution < -0.4 is 0 Å². The molecular weight excluding hydrogens is 280 g/mol. The summed E-state index contributed by atoms with van der Waals surface area (Å²) in [5, 5.41) is 10.5. The van der Waals surface area contributed by atoms with Crippen LogP contribution >= 0.6 is 11.6 Å². The number of aliphatic hydroxyl groups excluding tert-OH is 1. The van der Waals surface area contributed by atoms with Gasteiger partial charge in [0.1, 0.15) is 0 Å². The molecular formula is C19H24ClO. The molecule has 3 aliphatic rings. The van der Waals surface area contributed by atoms with E-state index in [0.717, 1.165) is 12.8 Å². The minimum atomic E-state index is -0.125.